The van der Waals surface area contributed by atoms with E-state index in [1.165, 1.54) is 0 Å². The predicted octanol–water partition coefficient (Wildman–Crippen LogP) is 4.15. The van der Waals surface area contributed by atoms with Crippen molar-refractivity contribution in [1.29, 1.82) is 0 Å². The van der Waals surface area contributed by atoms with Crippen molar-refractivity contribution in [2.24, 2.45) is 10.2 Å². The second kappa shape index (κ2) is 11.9. The lowest BCUT2D eigenvalue weighted by Gasteiger charge is -2.01. The van der Waals surface area contributed by atoms with Crippen molar-refractivity contribution in [3.05, 3.63) is 69.7 Å². The maximum Gasteiger partial charge on any atom is 0.240 e. The molecule has 0 spiro atoms. The fourth-order valence-corrected chi connectivity index (χ4v) is 2.39. The van der Waals surface area contributed by atoms with Gasteiger partial charge in [-0.25, -0.2) is 10.9 Å². The molecule has 6 nitrogen and oxygen atoms in total. The molecule has 28 heavy (non-hydrogen) atoms. The molecule has 8 heteroatoms. The summed E-state index contributed by atoms with van der Waals surface area (Å²) < 4.78 is 0. The SMILES string of the molecule is O=C(CCCCC(=O)N/N=C\c1ccc(Cl)cc1)NN=Cc1ccc(Cl)cc1. The minimum atomic E-state index is -0.202. The van der Waals surface area contributed by atoms with Crippen LogP contribution in [0.2, 0.25) is 10.0 Å². The summed E-state index contributed by atoms with van der Waals surface area (Å²) in [6.45, 7) is 0. The van der Waals surface area contributed by atoms with Gasteiger partial charge in [0.15, 0.2) is 0 Å². The Kier molecular flexibility index (Phi) is 9.18. The molecule has 0 aliphatic rings. The summed E-state index contributed by atoms with van der Waals surface area (Å²) >= 11 is 11.6. The van der Waals surface area contributed by atoms with E-state index < -0.39 is 0 Å². The minimum absolute atomic E-state index is 0.202. The maximum absolute atomic E-state index is 11.7. The van der Waals surface area contributed by atoms with Crippen LogP contribution in [0.3, 0.4) is 0 Å². The number of halogens is 2. The van der Waals surface area contributed by atoms with Crippen molar-refractivity contribution in [3.63, 3.8) is 0 Å². The molecule has 0 heterocycles. The number of benzene rings is 2. The maximum atomic E-state index is 11.7. The second-order valence-electron chi connectivity index (χ2n) is 5.90. The lowest BCUT2D eigenvalue weighted by molar-refractivity contribution is -0.123. The Labute approximate surface area is 173 Å². The van der Waals surface area contributed by atoms with Gasteiger partial charge in [-0.3, -0.25) is 9.59 Å². The molecule has 0 fully saturated rings. The zero-order valence-corrected chi connectivity index (χ0v) is 16.6. The van der Waals surface area contributed by atoms with Gasteiger partial charge in [-0.2, -0.15) is 10.2 Å². The molecule has 0 unspecified atom stereocenters. The average molecular weight is 419 g/mol. The van der Waals surface area contributed by atoms with Gasteiger partial charge in [0.2, 0.25) is 11.8 Å². The smallest absolute Gasteiger partial charge is 0.240 e. The highest BCUT2D eigenvalue weighted by Crippen LogP contribution is 2.08. The standard InChI is InChI=1S/C20H20Cl2N4O2/c21-17-9-5-15(6-10-17)13-23-25-19(27)3-1-2-4-20(28)26-24-14-16-7-11-18(22)12-8-16/h5-14H,1-4H2,(H,25,27)(H,26,28)/b23-13-,24-14?. The summed E-state index contributed by atoms with van der Waals surface area (Å²) in [4.78, 5) is 23.4. The van der Waals surface area contributed by atoms with E-state index in [1.807, 2.05) is 0 Å². The number of amides is 2. The quantitative estimate of drug-likeness (QED) is 0.364. The molecular weight excluding hydrogens is 399 g/mol. The van der Waals surface area contributed by atoms with Crippen LogP contribution in [-0.4, -0.2) is 24.2 Å². The van der Waals surface area contributed by atoms with E-state index in [1.54, 1.807) is 61.0 Å². The fraction of sp³-hybridized carbons (Fsp3) is 0.200. The van der Waals surface area contributed by atoms with Crippen molar-refractivity contribution in [3.8, 4) is 0 Å². The zero-order valence-electron chi connectivity index (χ0n) is 15.1. The Morgan fingerprint density at radius 3 is 1.43 bits per heavy atom. The largest absolute Gasteiger partial charge is 0.273 e. The van der Waals surface area contributed by atoms with Crippen LogP contribution in [0.1, 0.15) is 36.8 Å². The van der Waals surface area contributed by atoms with Crippen molar-refractivity contribution in [1.82, 2.24) is 10.9 Å². The molecule has 0 aromatic heterocycles. The molecule has 0 aliphatic carbocycles. The number of nitrogens with zero attached hydrogens (tertiary/aromatic N) is 2. The molecule has 2 aromatic rings. The summed E-state index contributed by atoms with van der Waals surface area (Å²) in [7, 11) is 0. The van der Waals surface area contributed by atoms with E-state index in [0.717, 1.165) is 11.1 Å². The van der Waals surface area contributed by atoms with Crippen molar-refractivity contribution >= 4 is 47.4 Å². The van der Waals surface area contributed by atoms with E-state index in [-0.39, 0.29) is 11.8 Å². The Hall–Kier alpha value is -2.70. The van der Waals surface area contributed by atoms with Gasteiger partial charge in [-0.1, -0.05) is 47.5 Å². The van der Waals surface area contributed by atoms with Crippen LogP contribution in [0.15, 0.2) is 58.7 Å². The van der Waals surface area contributed by atoms with E-state index >= 15 is 0 Å². The van der Waals surface area contributed by atoms with Crippen LogP contribution in [0.4, 0.5) is 0 Å². The third-order valence-electron chi connectivity index (χ3n) is 3.60. The van der Waals surface area contributed by atoms with Gasteiger partial charge in [-0.05, 0) is 48.2 Å². The fourth-order valence-electron chi connectivity index (χ4n) is 2.14. The normalized spacial score (nSPS) is 11.1. The van der Waals surface area contributed by atoms with Crippen LogP contribution in [-0.2, 0) is 9.59 Å². The third kappa shape index (κ3) is 8.79. The van der Waals surface area contributed by atoms with Crippen molar-refractivity contribution in [2.45, 2.75) is 25.7 Å². The molecule has 0 aliphatic heterocycles. The van der Waals surface area contributed by atoms with Crippen LogP contribution in [0.5, 0.6) is 0 Å². The molecule has 2 N–H and O–H groups in total. The monoisotopic (exact) mass is 418 g/mol. The highest BCUT2D eigenvalue weighted by Gasteiger charge is 2.03. The van der Waals surface area contributed by atoms with Gasteiger partial charge in [0, 0.05) is 22.9 Å². The first-order chi connectivity index (χ1) is 13.5. The lowest BCUT2D eigenvalue weighted by Crippen LogP contribution is -2.19. The van der Waals surface area contributed by atoms with E-state index in [2.05, 4.69) is 21.1 Å². The average Bonchev–Trinajstić information content (AvgIpc) is 2.68. The van der Waals surface area contributed by atoms with Gasteiger partial charge >= 0.3 is 0 Å². The first-order valence-electron chi connectivity index (χ1n) is 8.68. The lowest BCUT2D eigenvalue weighted by atomic mass is 10.2. The summed E-state index contributed by atoms with van der Waals surface area (Å²) in [5.74, 6) is -0.405. The first-order valence-corrected chi connectivity index (χ1v) is 9.43. The van der Waals surface area contributed by atoms with Crippen LogP contribution in [0, 0.1) is 0 Å². The van der Waals surface area contributed by atoms with Crippen LogP contribution >= 0.6 is 23.2 Å². The van der Waals surface area contributed by atoms with Gasteiger partial charge in [0.1, 0.15) is 0 Å². The molecule has 0 radical (unpaired) electrons. The summed E-state index contributed by atoms with van der Waals surface area (Å²) in [6, 6.07) is 14.2. The van der Waals surface area contributed by atoms with E-state index in [0.29, 0.717) is 35.7 Å². The molecule has 0 bridgehead atoms. The number of rotatable bonds is 9. The van der Waals surface area contributed by atoms with Crippen LogP contribution in [0.25, 0.3) is 0 Å². The molecule has 2 amide bonds. The van der Waals surface area contributed by atoms with Crippen molar-refractivity contribution < 1.29 is 9.59 Å². The highest BCUT2D eigenvalue weighted by atomic mass is 35.5. The number of carbonyl (C=O) groups excluding carboxylic acids is 2. The number of nitrogens with one attached hydrogen (secondary N) is 2. The summed E-state index contributed by atoms with van der Waals surface area (Å²) in [5.41, 5.74) is 6.58. The molecule has 2 aromatic carbocycles. The summed E-state index contributed by atoms with van der Waals surface area (Å²) in [6.07, 6.45) is 4.83. The third-order valence-corrected chi connectivity index (χ3v) is 4.11. The van der Waals surface area contributed by atoms with E-state index in [4.69, 9.17) is 23.2 Å². The number of hydrazone groups is 2. The van der Waals surface area contributed by atoms with Crippen LogP contribution < -0.4 is 10.9 Å². The predicted molar refractivity (Wildman–Crippen MR) is 113 cm³/mol. The molecule has 146 valence electrons. The molecule has 2 rings (SSSR count). The number of unbranched alkanes of at least 4 members (excludes halogenated alkanes) is 1. The Balaban J connectivity index is 1.57. The second-order valence-corrected chi connectivity index (χ2v) is 6.77. The molecule has 0 saturated heterocycles. The Bertz CT molecular complexity index is 763. The topological polar surface area (TPSA) is 82.9 Å². The van der Waals surface area contributed by atoms with Crippen molar-refractivity contribution in [2.75, 3.05) is 0 Å². The number of carbonyl (C=O) groups is 2. The van der Waals surface area contributed by atoms with Gasteiger partial charge in [0.25, 0.3) is 0 Å². The number of hydrogen-bond acceptors (Lipinski definition) is 4. The van der Waals surface area contributed by atoms with Gasteiger partial charge < -0.3 is 0 Å². The molecule has 0 saturated carbocycles. The molecule has 0 atom stereocenters. The Morgan fingerprint density at radius 1 is 0.714 bits per heavy atom. The van der Waals surface area contributed by atoms with Gasteiger partial charge in [0.05, 0.1) is 12.4 Å². The Morgan fingerprint density at radius 2 is 1.07 bits per heavy atom. The minimum Gasteiger partial charge on any atom is -0.273 e. The molecular formula is C20H20Cl2N4O2. The number of hydrogen-bond donors (Lipinski definition) is 2. The first kappa shape index (κ1) is 21.6. The van der Waals surface area contributed by atoms with Gasteiger partial charge in [-0.15, -0.1) is 0 Å². The highest BCUT2D eigenvalue weighted by molar-refractivity contribution is 6.30. The zero-order chi connectivity index (χ0) is 20.2. The van der Waals surface area contributed by atoms with E-state index in [9.17, 15) is 9.59 Å². The summed E-state index contributed by atoms with van der Waals surface area (Å²) in [5, 5.41) is 9.05.